The van der Waals surface area contributed by atoms with Crippen molar-refractivity contribution in [3.63, 3.8) is 0 Å². The second kappa shape index (κ2) is 13.3. The van der Waals surface area contributed by atoms with Crippen LogP contribution in [0.2, 0.25) is 5.02 Å². The minimum atomic E-state index is -4.12. The van der Waals surface area contributed by atoms with Crippen molar-refractivity contribution in [2.24, 2.45) is 0 Å². The zero-order valence-electron chi connectivity index (χ0n) is 23.9. The van der Waals surface area contributed by atoms with Gasteiger partial charge in [-0.25, -0.2) is 8.42 Å². The van der Waals surface area contributed by atoms with Crippen molar-refractivity contribution in [3.05, 3.63) is 94.0 Å². The van der Waals surface area contributed by atoms with Gasteiger partial charge in [0.1, 0.15) is 12.6 Å². The summed E-state index contributed by atoms with van der Waals surface area (Å²) in [6, 6.07) is 18.0. The van der Waals surface area contributed by atoms with Crippen molar-refractivity contribution < 1.29 is 18.0 Å². The van der Waals surface area contributed by atoms with Gasteiger partial charge >= 0.3 is 0 Å². The molecule has 2 amide bonds. The van der Waals surface area contributed by atoms with E-state index in [-0.39, 0.29) is 23.4 Å². The molecule has 0 saturated heterocycles. The Balaban J connectivity index is 2.06. The molecule has 40 heavy (non-hydrogen) atoms. The highest BCUT2D eigenvalue weighted by atomic mass is 35.5. The fourth-order valence-electron chi connectivity index (χ4n) is 4.32. The maximum absolute atomic E-state index is 14.0. The van der Waals surface area contributed by atoms with Crippen LogP contribution in [0.25, 0.3) is 0 Å². The van der Waals surface area contributed by atoms with E-state index in [0.717, 1.165) is 27.4 Å². The predicted octanol–water partition coefficient (Wildman–Crippen LogP) is 5.79. The van der Waals surface area contributed by atoms with E-state index in [1.54, 1.807) is 43.3 Å². The zero-order chi connectivity index (χ0) is 29.6. The van der Waals surface area contributed by atoms with Crippen molar-refractivity contribution in [3.8, 4) is 0 Å². The smallest absolute Gasteiger partial charge is 0.264 e. The molecule has 0 bridgehead atoms. The van der Waals surface area contributed by atoms with E-state index >= 15 is 0 Å². The number of nitrogens with one attached hydrogen (secondary N) is 1. The van der Waals surface area contributed by atoms with Gasteiger partial charge in [0.2, 0.25) is 11.8 Å². The number of benzene rings is 3. The summed E-state index contributed by atoms with van der Waals surface area (Å²) >= 11 is 6.20. The Labute approximate surface area is 243 Å². The number of hydrogen-bond donors (Lipinski definition) is 1. The molecule has 0 spiro atoms. The molecule has 0 aromatic heterocycles. The number of hydrogen-bond acceptors (Lipinski definition) is 4. The van der Waals surface area contributed by atoms with Crippen molar-refractivity contribution in [1.82, 2.24) is 10.2 Å². The van der Waals surface area contributed by atoms with Crippen molar-refractivity contribution >= 4 is 39.1 Å². The molecule has 7 nitrogen and oxygen atoms in total. The van der Waals surface area contributed by atoms with Crippen LogP contribution in [0.1, 0.15) is 49.4 Å². The summed E-state index contributed by atoms with van der Waals surface area (Å²) in [4.78, 5) is 28.7. The Morgan fingerprint density at radius 1 is 0.925 bits per heavy atom. The first-order valence-corrected chi connectivity index (χ1v) is 15.2. The summed E-state index contributed by atoms with van der Waals surface area (Å²) in [6.45, 7) is 10.7. The van der Waals surface area contributed by atoms with E-state index < -0.39 is 28.5 Å². The Hall–Kier alpha value is -3.36. The van der Waals surface area contributed by atoms with E-state index in [0.29, 0.717) is 16.3 Å². The first-order chi connectivity index (χ1) is 18.8. The average molecular weight is 584 g/mol. The standard InChI is InChI=1S/C31H38ClN3O4S/c1-7-24(5)33-31(37)25(6)34(19-26-9-8-10-27(32)18-26)30(36)20-35(29-16-13-22(3)17-23(29)4)40(38,39)28-14-11-21(2)12-15-28/h8-18,24-25H,7,19-20H2,1-6H3,(H,33,37)/t24-,25+/m1/s1. The molecular weight excluding hydrogens is 546 g/mol. The van der Waals surface area contributed by atoms with Gasteiger partial charge in [-0.1, -0.05) is 66.0 Å². The minimum absolute atomic E-state index is 0.0771. The van der Waals surface area contributed by atoms with Crippen molar-refractivity contribution in [2.75, 3.05) is 10.8 Å². The third kappa shape index (κ3) is 7.64. The Morgan fingerprint density at radius 2 is 1.57 bits per heavy atom. The molecule has 0 heterocycles. The normalized spacial score (nSPS) is 12.9. The lowest BCUT2D eigenvalue weighted by molar-refractivity contribution is -0.139. The number of amides is 2. The molecule has 0 aliphatic carbocycles. The third-order valence-electron chi connectivity index (χ3n) is 6.92. The molecule has 0 saturated carbocycles. The molecule has 1 N–H and O–H groups in total. The van der Waals surface area contributed by atoms with Gasteiger partial charge < -0.3 is 10.2 Å². The summed E-state index contributed by atoms with van der Waals surface area (Å²) in [5, 5.41) is 3.43. The number of carbonyl (C=O) groups is 2. The predicted molar refractivity (Wildman–Crippen MR) is 161 cm³/mol. The van der Waals surface area contributed by atoms with E-state index in [2.05, 4.69) is 5.32 Å². The molecule has 3 aromatic carbocycles. The summed E-state index contributed by atoms with van der Waals surface area (Å²) in [7, 11) is -4.12. The molecule has 0 aliphatic rings. The number of halogens is 1. The SMILES string of the molecule is CC[C@@H](C)NC(=O)[C@H](C)N(Cc1cccc(Cl)c1)C(=O)CN(c1ccc(C)cc1C)S(=O)(=O)c1ccc(C)cc1. The van der Waals surface area contributed by atoms with Crippen molar-refractivity contribution in [1.29, 1.82) is 0 Å². The molecule has 0 radical (unpaired) electrons. The van der Waals surface area contributed by atoms with Gasteiger partial charge in [-0.2, -0.15) is 0 Å². The molecule has 214 valence electrons. The van der Waals surface area contributed by atoms with Crippen LogP contribution >= 0.6 is 11.6 Å². The van der Waals surface area contributed by atoms with Crippen LogP contribution in [0.5, 0.6) is 0 Å². The number of aryl methyl sites for hydroxylation is 3. The third-order valence-corrected chi connectivity index (χ3v) is 8.93. The van der Waals surface area contributed by atoms with Gasteiger partial charge in [0.25, 0.3) is 10.0 Å². The number of anilines is 1. The van der Waals surface area contributed by atoms with E-state index in [9.17, 15) is 18.0 Å². The lowest BCUT2D eigenvalue weighted by atomic mass is 10.1. The largest absolute Gasteiger partial charge is 0.352 e. The average Bonchev–Trinajstić information content (AvgIpc) is 2.90. The quantitative estimate of drug-likeness (QED) is 0.309. The first-order valence-electron chi connectivity index (χ1n) is 13.3. The lowest BCUT2D eigenvalue weighted by Gasteiger charge is -2.33. The molecule has 9 heteroatoms. The van der Waals surface area contributed by atoms with Crippen LogP contribution in [0.4, 0.5) is 5.69 Å². The van der Waals surface area contributed by atoms with Gasteiger partial charge in [-0.15, -0.1) is 0 Å². The highest BCUT2D eigenvalue weighted by molar-refractivity contribution is 7.92. The van der Waals surface area contributed by atoms with Crippen LogP contribution in [-0.4, -0.2) is 43.8 Å². The molecule has 3 aromatic rings. The maximum atomic E-state index is 14.0. The number of nitrogens with zero attached hydrogens (tertiary/aromatic N) is 2. The molecule has 3 rings (SSSR count). The highest BCUT2D eigenvalue weighted by Crippen LogP contribution is 2.28. The van der Waals surface area contributed by atoms with Gasteiger partial charge in [0.15, 0.2) is 0 Å². The van der Waals surface area contributed by atoms with Gasteiger partial charge in [0.05, 0.1) is 10.6 Å². The van der Waals surface area contributed by atoms with Crippen LogP contribution in [0.15, 0.2) is 71.6 Å². The minimum Gasteiger partial charge on any atom is -0.352 e. The van der Waals surface area contributed by atoms with Crippen LogP contribution in [0, 0.1) is 20.8 Å². The highest BCUT2D eigenvalue weighted by Gasteiger charge is 2.33. The monoisotopic (exact) mass is 583 g/mol. The summed E-state index contributed by atoms with van der Waals surface area (Å²) in [6.07, 6.45) is 0.732. The van der Waals surface area contributed by atoms with E-state index in [4.69, 9.17) is 11.6 Å². The summed E-state index contributed by atoms with van der Waals surface area (Å²) in [5.74, 6) is -0.827. The second-order valence-electron chi connectivity index (χ2n) is 10.3. The topological polar surface area (TPSA) is 86.8 Å². The van der Waals surface area contributed by atoms with Crippen LogP contribution in [-0.2, 0) is 26.2 Å². The second-order valence-corrected chi connectivity index (χ2v) is 12.6. The fourth-order valence-corrected chi connectivity index (χ4v) is 6.01. The number of rotatable bonds is 11. The Kier molecular flexibility index (Phi) is 10.4. The number of carbonyl (C=O) groups excluding carboxylic acids is 2. The maximum Gasteiger partial charge on any atom is 0.264 e. The molecule has 0 unspecified atom stereocenters. The van der Waals surface area contributed by atoms with Crippen molar-refractivity contribution in [2.45, 2.75) is 71.5 Å². The number of sulfonamides is 1. The molecule has 0 fully saturated rings. The van der Waals surface area contributed by atoms with E-state index in [1.165, 1.54) is 17.0 Å². The van der Waals surface area contributed by atoms with E-state index in [1.807, 2.05) is 52.8 Å². The molecule has 2 atom stereocenters. The summed E-state index contributed by atoms with van der Waals surface area (Å²) < 4.78 is 29.1. The Morgan fingerprint density at radius 3 is 2.17 bits per heavy atom. The van der Waals surface area contributed by atoms with Gasteiger partial charge in [0, 0.05) is 17.6 Å². The first kappa shape index (κ1) is 31.2. The van der Waals surface area contributed by atoms with Gasteiger partial charge in [-0.3, -0.25) is 13.9 Å². The van der Waals surface area contributed by atoms with Gasteiger partial charge in [-0.05, 0) is 82.5 Å². The molecule has 0 aliphatic heterocycles. The Bertz CT molecular complexity index is 1460. The zero-order valence-corrected chi connectivity index (χ0v) is 25.5. The summed E-state index contributed by atoms with van der Waals surface area (Å²) in [5.41, 5.74) is 3.73. The van der Waals surface area contributed by atoms with Crippen LogP contribution in [0.3, 0.4) is 0 Å². The van der Waals surface area contributed by atoms with Crippen LogP contribution < -0.4 is 9.62 Å². The fraction of sp³-hybridized carbons (Fsp3) is 0.355. The molecular formula is C31H38ClN3O4S. The lowest BCUT2D eigenvalue weighted by Crippen LogP contribution is -2.52.